The van der Waals surface area contributed by atoms with E-state index in [9.17, 15) is 4.39 Å². The molecular weight excluding hydrogens is 281 g/mol. The van der Waals surface area contributed by atoms with Crippen molar-refractivity contribution < 1.29 is 4.39 Å². The predicted octanol–water partition coefficient (Wildman–Crippen LogP) is 5.68. The molecule has 0 aliphatic rings. The van der Waals surface area contributed by atoms with Gasteiger partial charge >= 0.3 is 0 Å². The number of fused-ring (bicyclic) bond motifs is 3. The van der Waals surface area contributed by atoms with Crippen molar-refractivity contribution in [2.75, 3.05) is 0 Å². The number of aryl methyl sites for hydroxylation is 1. The third-order valence-corrected chi connectivity index (χ3v) is 5.09. The highest BCUT2D eigenvalue weighted by Crippen LogP contribution is 2.39. The average molecular weight is 295 g/mol. The minimum Gasteiger partial charge on any atom is -0.332 e. The van der Waals surface area contributed by atoms with Crippen molar-refractivity contribution in [3.63, 3.8) is 0 Å². The van der Waals surface area contributed by atoms with Crippen LogP contribution in [0.5, 0.6) is 0 Å². The number of aromatic nitrogens is 1. The van der Waals surface area contributed by atoms with Crippen molar-refractivity contribution in [1.82, 2.24) is 4.57 Å². The summed E-state index contributed by atoms with van der Waals surface area (Å²) in [4.78, 5) is 2.48. The molecule has 104 valence electrons. The summed E-state index contributed by atoms with van der Waals surface area (Å²) in [6.45, 7) is 3.12. The number of halogens is 1. The molecule has 0 aliphatic heterocycles. The monoisotopic (exact) mass is 295 g/mol. The molecule has 3 heteroatoms. The molecule has 2 aromatic carbocycles. The summed E-state index contributed by atoms with van der Waals surface area (Å²) in [5.41, 5.74) is 2.36. The lowest BCUT2D eigenvalue weighted by molar-refractivity contribution is 0.628. The number of thiophene rings is 1. The van der Waals surface area contributed by atoms with Crippen LogP contribution < -0.4 is 0 Å². The Labute approximate surface area is 126 Å². The third kappa shape index (κ3) is 1.88. The first kappa shape index (κ1) is 12.6. The first-order valence-electron chi connectivity index (χ1n) is 7.04. The highest BCUT2D eigenvalue weighted by molar-refractivity contribution is 7.22. The van der Waals surface area contributed by atoms with Crippen LogP contribution in [0.1, 0.15) is 6.92 Å². The van der Waals surface area contributed by atoms with Crippen LogP contribution in [-0.4, -0.2) is 4.57 Å². The molecule has 0 spiro atoms. The number of para-hydroxylation sites is 1. The van der Waals surface area contributed by atoms with Gasteiger partial charge in [-0.1, -0.05) is 30.3 Å². The zero-order valence-corrected chi connectivity index (χ0v) is 12.5. The Morgan fingerprint density at radius 3 is 2.52 bits per heavy atom. The second kappa shape index (κ2) is 4.71. The zero-order chi connectivity index (χ0) is 14.4. The minimum atomic E-state index is -0.191. The van der Waals surface area contributed by atoms with Crippen LogP contribution in [0.25, 0.3) is 31.6 Å². The molecule has 0 fully saturated rings. The van der Waals surface area contributed by atoms with Crippen LogP contribution in [0.2, 0.25) is 0 Å². The van der Waals surface area contributed by atoms with Gasteiger partial charge in [0.25, 0.3) is 0 Å². The van der Waals surface area contributed by atoms with Crippen LogP contribution in [0.4, 0.5) is 4.39 Å². The van der Waals surface area contributed by atoms with Crippen molar-refractivity contribution in [3.8, 4) is 10.4 Å². The zero-order valence-electron chi connectivity index (χ0n) is 11.6. The molecule has 0 atom stereocenters. The summed E-state index contributed by atoms with van der Waals surface area (Å²) >= 11 is 1.77. The molecule has 21 heavy (non-hydrogen) atoms. The Hall–Kier alpha value is -2.13. The van der Waals surface area contributed by atoms with Gasteiger partial charge in [0, 0.05) is 27.7 Å². The molecule has 0 aliphatic carbocycles. The van der Waals surface area contributed by atoms with E-state index in [4.69, 9.17) is 0 Å². The Kier molecular flexibility index (Phi) is 2.82. The van der Waals surface area contributed by atoms with Crippen molar-refractivity contribution in [2.45, 2.75) is 13.5 Å². The van der Waals surface area contributed by atoms with Crippen molar-refractivity contribution in [2.24, 2.45) is 0 Å². The van der Waals surface area contributed by atoms with E-state index in [1.807, 2.05) is 12.1 Å². The maximum absolute atomic E-state index is 13.1. The summed E-state index contributed by atoms with van der Waals surface area (Å²) < 4.78 is 15.4. The van der Waals surface area contributed by atoms with E-state index >= 15 is 0 Å². The van der Waals surface area contributed by atoms with Crippen LogP contribution in [0.3, 0.4) is 0 Å². The summed E-state index contributed by atoms with van der Waals surface area (Å²) in [7, 11) is 0. The first-order chi connectivity index (χ1) is 10.3. The Balaban J connectivity index is 2.00. The highest BCUT2D eigenvalue weighted by Gasteiger charge is 2.13. The standard InChI is InChI=1S/C18H14FNS/c1-2-20-16-6-4-3-5-14(16)15-11-17(21-18(15)20)12-7-9-13(19)10-8-12/h3-11H,2H2,1H3. The van der Waals surface area contributed by atoms with Crippen LogP contribution >= 0.6 is 11.3 Å². The van der Waals surface area contributed by atoms with E-state index in [1.54, 1.807) is 11.3 Å². The van der Waals surface area contributed by atoms with Gasteiger partial charge in [-0.05, 0) is 36.8 Å². The van der Waals surface area contributed by atoms with Crippen molar-refractivity contribution in [1.29, 1.82) is 0 Å². The molecule has 0 radical (unpaired) electrons. The summed E-state index contributed by atoms with van der Waals surface area (Å²) in [5, 5.41) is 2.58. The second-order valence-corrected chi connectivity index (χ2v) is 6.13. The van der Waals surface area contributed by atoms with Gasteiger partial charge in [-0.15, -0.1) is 11.3 Å². The quantitative estimate of drug-likeness (QED) is 0.448. The third-order valence-electron chi connectivity index (χ3n) is 3.89. The highest BCUT2D eigenvalue weighted by atomic mass is 32.1. The van der Waals surface area contributed by atoms with Gasteiger partial charge in [-0.2, -0.15) is 0 Å². The maximum Gasteiger partial charge on any atom is 0.123 e. The normalized spacial score (nSPS) is 11.5. The smallest absolute Gasteiger partial charge is 0.123 e. The lowest BCUT2D eigenvalue weighted by Gasteiger charge is -2.01. The Morgan fingerprint density at radius 1 is 1.00 bits per heavy atom. The number of benzene rings is 2. The Bertz CT molecular complexity index is 931. The molecule has 1 nitrogen and oxygen atoms in total. The fourth-order valence-electron chi connectivity index (χ4n) is 2.89. The molecule has 0 amide bonds. The van der Waals surface area contributed by atoms with Gasteiger partial charge in [0.1, 0.15) is 10.6 Å². The van der Waals surface area contributed by atoms with Crippen LogP contribution in [-0.2, 0) is 6.54 Å². The summed E-state index contributed by atoms with van der Waals surface area (Å²) in [5.74, 6) is -0.191. The van der Waals surface area contributed by atoms with E-state index in [-0.39, 0.29) is 5.82 Å². The molecule has 0 saturated heterocycles. The Morgan fingerprint density at radius 2 is 1.76 bits per heavy atom. The SMILES string of the molecule is CCn1c2ccccc2c2cc(-c3ccc(F)cc3)sc21. The van der Waals surface area contributed by atoms with E-state index in [0.29, 0.717) is 0 Å². The lowest BCUT2D eigenvalue weighted by atomic mass is 10.1. The number of nitrogens with zero attached hydrogens (tertiary/aromatic N) is 1. The summed E-state index contributed by atoms with van der Waals surface area (Å²) in [6.07, 6.45) is 0. The van der Waals surface area contributed by atoms with Gasteiger partial charge in [0.2, 0.25) is 0 Å². The van der Waals surface area contributed by atoms with Crippen LogP contribution in [0.15, 0.2) is 54.6 Å². The van der Waals surface area contributed by atoms with Gasteiger partial charge in [-0.3, -0.25) is 0 Å². The van der Waals surface area contributed by atoms with E-state index in [2.05, 4.69) is 41.8 Å². The van der Waals surface area contributed by atoms with Gasteiger partial charge < -0.3 is 4.57 Å². The molecule has 4 rings (SSSR count). The van der Waals surface area contributed by atoms with Crippen molar-refractivity contribution in [3.05, 3.63) is 60.4 Å². The molecule has 2 heterocycles. The van der Waals surface area contributed by atoms with E-state index in [1.165, 1.54) is 38.1 Å². The lowest BCUT2D eigenvalue weighted by Crippen LogP contribution is -1.90. The fourth-order valence-corrected chi connectivity index (χ4v) is 4.15. The van der Waals surface area contributed by atoms with Gasteiger partial charge in [0.15, 0.2) is 0 Å². The van der Waals surface area contributed by atoms with E-state index < -0.39 is 0 Å². The average Bonchev–Trinajstić information content (AvgIpc) is 3.05. The second-order valence-electron chi connectivity index (χ2n) is 5.10. The number of hydrogen-bond acceptors (Lipinski definition) is 1. The largest absolute Gasteiger partial charge is 0.332 e. The summed E-state index contributed by atoms with van der Waals surface area (Å²) in [6, 6.07) is 17.5. The van der Waals surface area contributed by atoms with Gasteiger partial charge in [0.05, 0.1) is 0 Å². The number of hydrogen-bond donors (Lipinski definition) is 0. The molecular formula is C18H14FNS. The number of rotatable bonds is 2. The first-order valence-corrected chi connectivity index (χ1v) is 7.86. The molecule has 4 aromatic rings. The minimum absolute atomic E-state index is 0.191. The molecule has 0 unspecified atom stereocenters. The molecule has 2 aromatic heterocycles. The fraction of sp³-hybridized carbons (Fsp3) is 0.111. The van der Waals surface area contributed by atoms with Gasteiger partial charge in [-0.25, -0.2) is 4.39 Å². The molecule has 0 N–H and O–H groups in total. The van der Waals surface area contributed by atoms with E-state index in [0.717, 1.165) is 12.1 Å². The predicted molar refractivity (Wildman–Crippen MR) is 88.4 cm³/mol. The maximum atomic E-state index is 13.1. The molecule has 0 saturated carbocycles. The molecule has 0 bridgehead atoms. The van der Waals surface area contributed by atoms with Crippen molar-refractivity contribution >= 4 is 32.5 Å². The topological polar surface area (TPSA) is 4.93 Å². The van der Waals surface area contributed by atoms with Crippen LogP contribution in [0, 0.1) is 5.82 Å².